The largest absolute Gasteiger partial charge is 0.489 e. The zero-order valence-corrected chi connectivity index (χ0v) is 24.2. The smallest absolute Gasteiger partial charge is 0.344 e. The highest BCUT2D eigenvalue weighted by molar-refractivity contribution is 6.44. The van der Waals surface area contributed by atoms with Crippen molar-refractivity contribution in [1.29, 1.82) is 0 Å². The third kappa shape index (κ3) is 8.48. The fraction of sp³-hybridized carbons (Fsp3) is 0.538. The molecule has 3 rings (SSSR count). The van der Waals surface area contributed by atoms with E-state index in [1.54, 1.807) is 33.8 Å². The Labute approximate surface area is 237 Å². The Bertz CT molecular complexity index is 1190. The van der Waals surface area contributed by atoms with Crippen LogP contribution in [0.15, 0.2) is 12.3 Å². The quantitative estimate of drug-likeness (QED) is 0.314. The molecule has 0 unspecified atom stereocenters. The summed E-state index contributed by atoms with van der Waals surface area (Å²) in [6.07, 6.45) is 2.73. The van der Waals surface area contributed by atoms with Crippen molar-refractivity contribution >= 4 is 46.9 Å². The van der Waals surface area contributed by atoms with Crippen LogP contribution in [0.5, 0.6) is 5.75 Å². The number of amides is 1. The number of aromatic amines is 1. The van der Waals surface area contributed by atoms with Gasteiger partial charge in [0.15, 0.2) is 12.4 Å². The number of nitrogens with one attached hydrogen (secondary N) is 2. The maximum Gasteiger partial charge on any atom is 0.344 e. The topological polar surface area (TPSA) is 132 Å². The Morgan fingerprint density at radius 2 is 1.85 bits per heavy atom. The Kier molecular flexibility index (Phi) is 10.5. The lowest BCUT2D eigenvalue weighted by Crippen LogP contribution is -2.45. The second-order valence-electron chi connectivity index (χ2n) is 10.0. The fourth-order valence-electron chi connectivity index (χ4n) is 3.93. The van der Waals surface area contributed by atoms with Crippen molar-refractivity contribution in [3.63, 3.8) is 0 Å². The van der Waals surface area contributed by atoms with E-state index in [-0.39, 0.29) is 40.6 Å². The standard InChI is InChI=1S/C26H34Cl2N4O7/c1-15-21(27)22(28)23(30-15)24(34)31-16-6-8-32(9-7-16)19-12-17(18(13-29-19)37-11-10-36-5)25(35)38-14-20(33)39-26(2,3)4/h12-13,16,30H,6-11,14H2,1-5H3,(H,31,34). The molecule has 0 radical (unpaired) electrons. The van der Waals surface area contributed by atoms with Crippen molar-refractivity contribution in [2.24, 2.45) is 0 Å². The summed E-state index contributed by atoms with van der Waals surface area (Å²) in [6, 6.07) is 1.49. The molecule has 0 spiro atoms. The van der Waals surface area contributed by atoms with E-state index in [4.69, 9.17) is 42.1 Å². The summed E-state index contributed by atoms with van der Waals surface area (Å²) < 4.78 is 21.1. The molecule has 0 saturated carbocycles. The highest BCUT2D eigenvalue weighted by Crippen LogP contribution is 2.30. The van der Waals surface area contributed by atoms with Crippen LogP contribution in [-0.4, -0.2) is 79.5 Å². The number of piperidine rings is 1. The second-order valence-corrected chi connectivity index (χ2v) is 10.8. The van der Waals surface area contributed by atoms with Crippen LogP contribution in [0, 0.1) is 6.92 Å². The molecule has 1 aliphatic heterocycles. The molecule has 2 aromatic heterocycles. The minimum atomic E-state index is -0.740. The van der Waals surface area contributed by atoms with Crippen molar-refractivity contribution in [3.8, 4) is 5.75 Å². The first-order valence-corrected chi connectivity index (χ1v) is 13.2. The third-order valence-electron chi connectivity index (χ3n) is 5.79. The van der Waals surface area contributed by atoms with Crippen LogP contribution in [-0.2, 0) is 19.0 Å². The number of rotatable bonds is 10. The Balaban J connectivity index is 1.65. The number of nitrogens with zero attached hydrogens (tertiary/aromatic N) is 2. The molecule has 1 amide bonds. The molecular formula is C26H34Cl2N4O7. The van der Waals surface area contributed by atoms with Gasteiger partial charge in [0.05, 0.1) is 22.8 Å². The number of esters is 2. The van der Waals surface area contributed by atoms with E-state index in [9.17, 15) is 14.4 Å². The van der Waals surface area contributed by atoms with E-state index in [1.807, 2.05) is 4.90 Å². The van der Waals surface area contributed by atoms with Gasteiger partial charge in [-0.2, -0.15) is 0 Å². The minimum Gasteiger partial charge on any atom is -0.489 e. The Morgan fingerprint density at radius 3 is 2.44 bits per heavy atom. The van der Waals surface area contributed by atoms with Gasteiger partial charge in [0.2, 0.25) is 0 Å². The van der Waals surface area contributed by atoms with Gasteiger partial charge in [-0.15, -0.1) is 0 Å². The summed E-state index contributed by atoms with van der Waals surface area (Å²) in [5.74, 6) is -0.967. The molecule has 3 heterocycles. The molecule has 39 heavy (non-hydrogen) atoms. The van der Waals surface area contributed by atoms with Crippen molar-refractivity contribution in [3.05, 3.63) is 39.3 Å². The van der Waals surface area contributed by atoms with Gasteiger partial charge in [0, 0.05) is 31.9 Å². The minimum absolute atomic E-state index is 0.0814. The van der Waals surface area contributed by atoms with Gasteiger partial charge in [-0.3, -0.25) is 4.79 Å². The fourth-order valence-corrected chi connectivity index (χ4v) is 4.34. The average Bonchev–Trinajstić information content (AvgIpc) is 3.14. The predicted octanol–water partition coefficient (Wildman–Crippen LogP) is 3.95. The second kappa shape index (κ2) is 13.4. The molecule has 1 fully saturated rings. The van der Waals surface area contributed by atoms with Crippen LogP contribution in [0.25, 0.3) is 0 Å². The Hall–Kier alpha value is -3.02. The number of hydrogen-bond acceptors (Lipinski definition) is 9. The van der Waals surface area contributed by atoms with E-state index >= 15 is 0 Å². The zero-order valence-electron chi connectivity index (χ0n) is 22.7. The monoisotopic (exact) mass is 584 g/mol. The molecule has 0 aliphatic carbocycles. The number of carbonyl (C=O) groups excluding carboxylic acids is 3. The number of methoxy groups -OCH3 is 1. The van der Waals surface area contributed by atoms with Gasteiger partial charge in [-0.05, 0) is 46.6 Å². The van der Waals surface area contributed by atoms with Gasteiger partial charge in [0.25, 0.3) is 5.91 Å². The molecule has 13 heteroatoms. The lowest BCUT2D eigenvalue weighted by Gasteiger charge is -2.33. The van der Waals surface area contributed by atoms with Crippen LogP contribution < -0.4 is 15.0 Å². The molecule has 11 nitrogen and oxygen atoms in total. The third-order valence-corrected chi connectivity index (χ3v) is 6.74. The summed E-state index contributed by atoms with van der Waals surface area (Å²) in [5, 5.41) is 3.52. The summed E-state index contributed by atoms with van der Waals surface area (Å²) in [4.78, 5) is 47.0. The number of pyridine rings is 1. The van der Waals surface area contributed by atoms with Crippen LogP contribution >= 0.6 is 23.2 Å². The summed E-state index contributed by atoms with van der Waals surface area (Å²) in [5.41, 5.74) is 0.293. The van der Waals surface area contributed by atoms with Crippen molar-refractivity contribution in [1.82, 2.24) is 15.3 Å². The molecule has 0 bridgehead atoms. The summed E-state index contributed by atoms with van der Waals surface area (Å²) in [7, 11) is 1.54. The molecule has 2 aromatic rings. The number of hydrogen-bond donors (Lipinski definition) is 2. The highest BCUT2D eigenvalue weighted by atomic mass is 35.5. The highest BCUT2D eigenvalue weighted by Gasteiger charge is 2.27. The number of anilines is 1. The average molecular weight is 585 g/mol. The molecule has 214 valence electrons. The van der Waals surface area contributed by atoms with Crippen LogP contribution in [0.4, 0.5) is 5.82 Å². The number of aryl methyl sites for hydroxylation is 1. The predicted molar refractivity (Wildman–Crippen MR) is 146 cm³/mol. The van der Waals surface area contributed by atoms with Crippen molar-refractivity contribution in [2.45, 2.75) is 52.2 Å². The van der Waals surface area contributed by atoms with Crippen LogP contribution in [0.3, 0.4) is 0 Å². The van der Waals surface area contributed by atoms with E-state index in [0.29, 0.717) is 49.1 Å². The van der Waals surface area contributed by atoms with Gasteiger partial charge in [-0.25, -0.2) is 14.6 Å². The normalized spacial score (nSPS) is 14.2. The van der Waals surface area contributed by atoms with Gasteiger partial charge >= 0.3 is 11.9 Å². The van der Waals surface area contributed by atoms with E-state index in [0.717, 1.165) is 0 Å². The van der Waals surface area contributed by atoms with Crippen LogP contribution in [0.2, 0.25) is 10.0 Å². The van der Waals surface area contributed by atoms with E-state index in [1.165, 1.54) is 13.3 Å². The maximum absolute atomic E-state index is 12.9. The summed E-state index contributed by atoms with van der Waals surface area (Å²) in [6.45, 7) is 8.05. The van der Waals surface area contributed by atoms with Crippen molar-refractivity contribution < 1.29 is 33.3 Å². The SMILES string of the molecule is COCCOc1cnc(N2CCC(NC(=O)c3[nH]c(C)c(Cl)c3Cl)CC2)cc1C(=O)OCC(=O)OC(C)(C)C. The first-order chi connectivity index (χ1) is 18.4. The first kappa shape index (κ1) is 30.5. The molecule has 1 aliphatic rings. The lowest BCUT2D eigenvalue weighted by molar-refractivity contribution is -0.158. The van der Waals surface area contributed by atoms with Crippen LogP contribution in [0.1, 0.15) is 60.2 Å². The summed E-state index contributed by atoms with van der Waals surface area (Å²) >= 11 is 12.3. The molecule has 2 N–H and O–H groups in total. The van der Waals surface area contributed by atoms with E-state index < -0.39 is 24.1 Å². The number of ether oxygens (including phenoxy) is 4. The van der Waals surface area contributed by atoms with E-state index in [2.05, 4.69) is 15.3 Å². The van der Waals surface area contributed by atoms with Gasteiger partial charge in [0.1, 0.15) is 29.3 Å². The molecule has 0 atom stereocenters. The number of carbonyl (C=O) groups is 3. The molecular weight excluding hydrogens is 551 g/mol. The number of H-pyrrole nitrogens is 1. The van der Waals surface area contributed by atoms with Crippen molar-refractivity contribution in [2.75, 3.05) is 44.9 Å². The van der Waals surface area contributed by atoms with Gasteiger partial charge < -0.3 is 34.1 Å². The number of aromatic nitrogens is 2. The molecule has 0 aromatic carbocycles. The Morgan fingerprint density at radius 1 is 1.15 bits per heavy atom. The number of halogens is 2. The lowest BCUT2D eigenvalue weighted by atomic mass is 10.0. The van der Waals surface area contributed by atoms with Gasteiger partial charge in [-0.1, -0.05) is 23.2 Å². The maximum atomic E-state index is 12.9. The first-order valence-electron chi connectivity index (χ1n) is 12.5. The zero-order chi connectivity index (χ0) is 28.7. The molecule has 1 saturated heterocycles.